The van der Waals surface area contributed by atoms with Crippen LogP contribution in [0.4, 0.5) is 5.69 Å². The molecule has 1 aliphatic heterocycles. The van der Waals surface area contributed by atoms with Crippen LogP contribution in [0.3, 0.4) is 0 Å². The molecular weight excluding hydrogens is 230 g/mol. The summed E-state index contributed by atoms with van der Waals surface area (Å²) in [5.41, 5.74) is 0.988. The van der Waals surface area contributed by atoms with E-state index in [0.29, 0.717) is 13.2 Å². The van der Waals surface area contributed by atoms with Crippen LogP contribution < -0.4 is 4.90 Å². The second-order valence-corrected chi connectivity index (χ2v) is 5.05. The average Bonchev–Trinajstić information content (AvgIpc) is 2.39. The zero-order valence-electron chi connectivity index (χ0n) is 10.8. The Morgan fingerprint density at radius 2 is 1.89 bits per heavy atom. The fourth-order valence-corrected chi connectivity index (χ4v) is 2.20. The first-order valence-corrected chi connectivity index (χ1v) is 6.19. The van der Waals surface area contributed by atoms with Crippen LogP contribution in [0.5, 0.6) is 0 Å². The maximum atomic E-state index is 11.4. The van der Waals surface area contributed by atoms with E-state index >= 15 is 0 Å². The standard InChI is InChI=1S/C14H19NO3/c1-14(2,13(16)17)11-5-3-4-6-12(11)15-7-9-18-10-8-15/h3-6H,7-10H2,1-2H3,(H,16,17). The van der Waals surface area contributed by atoms with Gasteiger partial charge >= 0.3 is 5.97 Å². The Kier molecular flexibility index (Phi) is 3.57. The predicted molar refractivity (Wildman–Crippen MR) is 70.1 cm³/mol. The molecule has 1 aromatic rings. The molecule has 0 spiro atoms. The first kappa shape index (κ1) is 12.9. The summed E-state index contributed by atoms with van der Waals surface area (Å²) in [7, 11) is 0. The van der Waals surface area contributed by atoms with Crippen molar-refractivity contribution in [1.29, 1.82) is 0 Å². The molecule has 2 rings (SSSR count). The van der Waals surface area contributed by atoms with Crippen molar-refractivity contribution < 1.29 is 14.6 Å². The number of morpholine rings is 1. The van der Waals surface area contributed by atoms with E-state index in [-0.39, 0.29) is 0 Å². The van der Waals surface area contributed by atoms with E-state index in [2.05, 4.69) is 4.90 Å². The van der Waals surface area contributed by atoms with Gasteiger partial charge in [-0.15, -0.1) is 0 Å². The lowest BCUT2D eigenvalue weighted by molar-refractivity contribution is -0.142. The molecule has 0 unspecified atom stereocenters. The molecule has 0 saturated carbocycles. The van der Waals surface area contributed by atoms with Gasteiger partial charge in [-0.25, -0.2) is 0 Å². The van der Waals surface area contributed by atoms with Gasteiger partial charge in [-0.3, -0.25) is 4.79 Å². The van der Waals surface area contributed by atoms with Crippen LogP contribution in [0.1, 0.15) is 19.4 Å². The van der Waals surface area contributed by atoms with Gasteiger partial charge in [0, 0.05) is 18.8 Å². The summed E-state index contributed by atoms with van der Waals surface area (Å²) in [6.07, 6.45) is 0. The maximum Gasteiger partial charge on any atom is 0.313 e. The molecule has 0 amide bonds. The molecule has 4 heteroatoms. The first-order chi connectivity index (χ1) is 8.53. The number of carboxylic acid groups (broad SMARTS) is 1. The number of carbonyl (C=O) groups is 1. The van der Waals surface area contributed by atoms with Gasteiger partial charge in [0.05, 0.1) is 18.6 Å². The number of hydrogen-bond donors (Lipinski definition) is 1. The molecule has 1 aromatic carbocycles. The molecule has 0 atom stereocenters. The van der Waals surface area contributed by atoms with Crippen molar-refractivity contribution in [3.8, 4) is 0 Å². The SMILES string of the molecule is CC(C)(C(=O)O)c1ccccc1N1CCOCC1. The molecule has 1 fully saturated rings. The quantitative estimate of drug-likeness (QED) is 0.888. The highest BCUT2D eigenvalue weighted by Gasteiger charge is 2.33. The Balaban J connectivity index is 2.39. The Labute approximate surface area is 107 Å². The fourth-order valence-electron chi connectivity index (χ4n) is 2.20. The molecule has 0 aromatic heterocycles. The Morgan fingerprint density at radius 1 is 1.28 bits per heavy atom. The molecule has 1 heterocycles. The second-order valence-electron chi connectivity index (χ2n) is 5.05. The van der Waals surface area contributed by atoms with Crippen molar-refractivity contribution in [2.75, 3.05) is 31.2 Å². The van der Waals surface area contributed by atoms with E-state index in [1.165, 1.54) is 0 Å². The maximum absolute atomic E-state index is 11.4. The zero-order valence-corrected chi connectivity index (χ0v) is 10.8. The molecule has 1 aliphatic rings. The van der Waals surface area contributed by atoms with Crippen LogP contribution in [0.25, 0.3) is 0 Å². The van der Waals surface area contributed by atoms with Crippen molar-refractivity contribution >= 4 is 11.7 Å². The smallest absolute Gasteiger partial charge is 0.313 e. The van der Waals surface area contributed by atoms with Gasteiger partial charge < -0.3 is 14.7 Å². The van der Waals surface area contributed by atoms with Gasteiger partial charge in [-0.1, -0.05) is 18.2 Å². The minimum atomic E-state index is -0.880. The Morgan fingerprint density at radius 3 is 2.50 bits per heavy atom. The lowest BCUT2D eigenvalue weighted by atomic mass is 9.83. The van der Waals surface area contributed by atoms with E-state index in [1.807, 2.05) is 24.3 Å². The summed E-state index contributed by atoms with van der Waals surface area (Å²) in [6, 6.07) is 7.74. The third-order valence-corrected chi connectivity index (χ3v) is 3.46. The Bertz CT molecular complexity index is 436. The number of carboxylic acids is 1. The fraction of sp³-hybridized carbons (Fsp3) is 0.500. The van der Waals surface area contributed by atoms with Gasteiger partial charge in [-0.05, 0) is 25.5 Å². The number of anilines is 1. The zero-order chi connectivity index (χ0) is 13.2. The highest BCUT2D eigenvalue weighted by molar-refractivity contribution is 5.83. The van der Waals surface area contributed by atoms with Crippen molar-refractivity contribution in [2.24, 2.45) is 0 Å². The number of para-hydroxylation sites is 1. The number of nitrogens with zero attached hydrogens (tertiary/aromatic N) is 1. The second kappa shape index (κ2) is 4.98. The lowest BCUT2D eigenvalue weighted by Gasteiger charge is -2.33. The highest BCUT2D eigenvalue weighted by Crippen LogP contribution is 2.32. The number of aliphatic carboxylic acids is 1. The molecular formula is C14H19NO3. The average molecular weight is 249 g/mol. The predicted octanol–water partition coefficient (Wildman–Crippen LogP) is 1.89. The molecule has 0 bridgehead atoms. The largest absolute Gasteiger partial charge is 0.481 e. The van der Waals surface area contributed by atoms with Gasteiger partial charge in [-0.2, -0.15) is 0 Å². The molecule has 0 aliphatic carbocycles. The highest BCUT2D eigenvalue weighted by atomic mass is 16.5. The monoisotopic (exact) mass is 249 g/mol. The van der Waals surface area contributed by atoms with Crippen LogP contribution >= 0.6 is 0 Å². The minimum Gasteiger partial charge on any atom is -0.481 e. The molecule has 18 heavy (non-hydrogen) atoms. The minimum absolute atomic E-state index is 0.696. The Hall–Kier alpha value is -1.55. The van der Waals surface area contributed by atoms with Gasteiger partial charge in [0.1, 0.15) is 0 Å². The summed E-state index contributed by atoms with van der Waals surface area (Å²) in [5, 5.41) is 9.37. The lowest BCUT2D eigenvalue weighted by Crippen LogP contribution is -2.39. The first-order valence-electron chi connectivity index (χ1n) is 6.19. The van der Waals surface area contributed by atoms with Gasteiger partial charge in [0.2, 0.25) is 0 Å². The third-order valence-electron chi connectivity index (χ3n) is 3.46. The summed E-state index contributed by atoms with van der Waals surface area (Å²) < 4.78 is 5.34. The molecule has 4 nitrogen and oxygen atoms in total. The van der Waals surface area contributed by atoms with Crippen LogP contribution in [-0.4, -0.2) is 37.4 Å². The van der Waals surface area contributed by atoms with E-state index in [9.17, 15) is 9.90 Å². The summed E-state index contributed by atoms with van der Waals surface area (Å²) in [5.74, 6) is -0.803. The van der Waals surface area contributed by atoms with Crippen molar-refractivity contribution in [3.05, 3.63) is 29.8 Å². The summed E-state index contributed by atoms with van der Waals surface area (Å²) in [4.78, 5) is 13.6. The van der Waals surface area contributed by atoms with Crippen LogP contribution in [0, 0.1) is 0 Å². The third kappa shape index (κ3) is 2.34. The van der Waals surface area contributed by atoms with Crippen LogP contribution in [-0.2, 0) is 14.9 Å². The molecule has 1 saturated heterocycles. The van der Waals surface area contributed by atoms with Crippen molar-refractivity contribution in [3.63, 3.8) is 0 Å². The van der Waals surface area contributed by atoms with E-state index in [0.717, 1.165) is 24.3 Å². The number of rotatable bonds is 3. The molecule has 0 radical (unpaired) electrons. The molecule has 1 N–H and O–H groups in total. The van der Waals surface area contributed by atoms with E-state index < -0.39 is 11.4 Å². The summed E-state index contributed by atoms with van der Waals surface area (Å²) >= 11 is 0. The number of benzene rings is 1. The number of ether oxygens (including phenoxy) is 1. The van der Waals surface area contributed by atoms with E-state index in [1.54, 1.807) is 13.8 Å². The summed E-state index contributed by atoms with van der Waals surface area (Å²) in [6.45, 7) is 6.51. The normalized spacial score (nSPS) is 16.7. The van der Waals surface area contributed by atoms with Crippen LogP contribution in [0.15, 0.2) is 24.3 Å². The van der Waals surface area contributed by atoms with Gasteiger partial charge in [0.25, 0.3) is 0 Å². The van der Waals surface area contributed by atoms with Gasteiger partial charge in [0.15, 0.2) is 0 Å². The molecule has 98 valence electrons. The topological polar surface area (TPSA) is 49.8 Å². The van der Waals surface area contributed by atoms with Crippen molar-refractivity contribution in [1.82, 2.24) is 0 Å². The van der Waals surface area contributed by atoms with Crippen molar-refractivity contribution in [2.45, 2.75) is 19.3 Å². The van der Waals surface area contributed by atoms with Crippen LogP contribution in [0.2, 0.25) is 0 Å². The number of hydrogen-bond acceptors (Lipinski definition) is 3. The van der Waals surface area contributed by atoms with E-state index in [4.69, 9.17) is 4.74 Å².